The number of nitrogens with zero attached hydrogens (tertiary/aromatic N) is 3. The molecule has 24 heavy (non-hydrogen) atoms. The Kier molecular flexibility index (Phi) is 5.41. The van der Waals surface area contributed by atoms with Gasteiger partial charge in [-0.2, -0.15) is 0 Å². The molecule has 4 heteroatoms. The van der Waals surface area contributed by atoms with E-state index in [1.165, 1.54) is 11.1 Å². The van der Waals surface area contributed by atoms with Crippen LogP contribution < -0.4 is 5.32 Å². The van der Waals surface area contributed by atoms with Gasteiger partial charge in [0.1, 0.15) is 0 Å². The maximum Gasteiger partial charge on any atom is 0.0991 e. The van der Waals surface area contributed by atoms with E-state index in [0.29, 0.717) is 6.04 Å². The summed E-state index contributed by atoms with van der Waals surface area (Å²) < 4.78 is 2.01. The fourth-order valence-electron chi connectivity index (χ4n) is 2.78. The topological polar surface area (TPSA) is 33.1 Å². The van der Waals surface area contributed by atoms with Crippen LogP contribution in [0.5, 0.6) is 0 Å². The Morgan fingerprint density at radius 3 is 2.42 bits per heavy atom. The molecule has 1 N–H and O–H groups in total. The Morgan fingerprint density at radius 2 is 1.79 bits per heavy atom. The highest BCUT2D eigenvalue weighted by atomic mass is 15.1. The molecule has 0 fully saturated rings. The standard InChI is InChI=1S/C20H24N4/c1-23(2)15-20(18-6-4-3-5-7-18)22-14-17-8-10-19(11-9-17)24-13-12-21-16-24/h3-13,16,20,22H,14-15H2,1-2H3/t20-/m1/s1. The first-order chi connectivity index (χ1) is 11.7. The van der Waals surface area contributed by atoms with Crippen molar-refractivity contribution in [2.45, 2.75) is 12.6 Å². The number of benzene rings is 2. The van der Waals surface area contributed by atoms with Crippen molar-refractivity contribution in [3.05, 3.63) is 84.4 Å². The van der Waals surface area contributed by atoms with Crippen LogP contribution in [0.25, 0.3) is 5.69 Å². The summed E-state index contributed by atoms with van der Waals surface area (Å²) in [6, 6.07) is 19.5. The molecule has 124 valence electrons. The minimum atomic E-state index is 0.314. The van der Waals surface area contributed by atoms with Crippen molar-refractivity contribution >= 4 is 0 Å². The number of hydrogen-bond donors (Lipinski definition) is 1. The molecular formula is C20H24N4. The zero-order valence-corrected chi connectivity index (χ0v) is 14.3. The van der Waals surface area contributed by atoms with E-state index in [-0.39, 0.29) is 0 Å². The highest BCUT2D eigenvalue weighted by Gasteiger charge is 2.11. The van der Waals surface area contributed by atoms with Crippen LogP contribution >= 0.6 is 0 Å². The fourth-order valence-corrected chi connectivity index (χ4v) is 2.78. The summed E-state index contributed by atoms with van der Waals surface area (Å²) in [6.45, 7) is 1.81. The van der Waals surface area contributed by atoms with E-state index >= 15 is 0 Å². The first kappa shape index (κ1) is 16.4. The molecule has 1 aromatic heterocycles. The third kappa shape index (κ3) is 4.31. The van der Waals surface area contributed by atoms with E-state index < -0.39 is 0 Å². The van der Waals surface area contributed by atoms with Crippen LogP contribution in [0, 0.1) is 0 Å². The van der Waals surface area contributed by atoms with Crippen molar-refractivity contribution in [3.8, 4) is 5.69 Å². The molecule has 0 amide bonds. The van der Waals surface area contributed by atoms with Gasteiger partial charge in [0.15, 0.2) is 0 Å². The Morgan fingerprint density at radius 1 is 1.04 bits per heavy atom. The molecule has 0 bridgehead atoms. The predicted molar refractivity (Wildman–Crippen MR) is 98.1 cm³/mol. The average Bonchev–Trinajstić information content (AvgIpc) is 3.14. The first-order valence-electron chi connectivity index (χ1n) is 8.23. The molecular weight excluding hydrogens is 296 g/mol. The van der Waals surface area contributed by atoms with Gasteiger partial charge in [-0.15, -0.1) is 0 Å². The van der Waals surface area contributed by atoms with Crippen molar-refractivity contribution < 1.29 is 0 Å². The van der Waals surface area contributed by atoms with Gasteiger partial charge in [0.2, 0.25) is 0 Å². The van der Waals surface area contributed by atoms with Gasteiger partial charge in [0, 0.05) is 37.2 Å². The molecule has 0 spiro atoms. The van der Waals surface area contributed by atoms with Crippen molar-refractivity contribution in [1.82, 2.24) is 19.8 Å². The zero-order valence-electron chi connectivity index (χ0n) is 14.3. The molecule has 4 nitrogen and oxygen atoms in total. The van der Waals surface area contributed by atoms with Gasteiger partial charge in [-0.05, 0) is 37.4 Å². The largest absolute Gasteiger partial charge is 0.308 e. The molecule has 0 aliphatic heterocycles. The monoisotopic (exact) mass is 320 g/mol. The molecule has 0 saturated carbocycles. The number of hydrogen-bond acceptors (Lipinski definition) is 3. The van der Waals surface area contributed by atoms with E-state index in [4.69, 9.17) is 0 Å². The lowest BCUT2D eigenvalue weighted by molar-refractivity contribution is 0.340. The number of aromatic nitrogens is 2. The van der Waals surface area contributed by atoms with E-state index in [0.717, 1.165) is 18.8 Å². The van der Waals surface area contributed by atoms with E-state index in [2.05, 4.69) is 83.9 Å². The van der Waals surface area contributed by atoms with E-state index in [1.807, 2.05) is 17.1 Å². The number of likely N-dealkylation sites (N-methyl/N-ethyl adjacent to an activating group) is 1. The SMILES string of the molecule is CN(C)C[C@@H](NCc1ccc(-n2ccnc2)cc1)c1ccccc1. The Balaban J connectivity index is 1.66. The third-order valence-electron chi connectivity index (χ3n) is 4.04. The third-order valence-corrected chi connectivity index (χ3v) is 4.04. The van der Waals surface area contributed by atoms with Crippen molar-refractivity contribution in [1.29, 1.82) is 0 Å². The minimum absolute atomic E-state index is 0.314. The van der Waals surface area contributed by atoms with Gasteiger partial charge in [-0.3, -0.25) is 0 Å². The predicted octanol–water partition coefficient (Wildman–Crippen LogP) is 3.26. The molecule has 0 radical (unpaired) electrons. The molecule has 1 heterocycles. The zero-order chi connectivity index (χ0) is 16.8. The van der Waals surface area contributed by atoms with Gasteiger partial charge in [-0.1, -0.05) is 42.5 Å². The quantitative estimate of drug-likeness (QED) is 0.725. The van der Waals surface area contributed by atoms with Crippen molar-refractivity contribution in [3.63, 3.8) is 0 Å². The molecule has 0 unspecified atom stereocenters. The summed E-state index contributed by atoms with van der Waals surface area (Å²) in [7, 11) is 4.22. The number of rotatable bonds is 7. The van der Waals surface area contributed by atoms with Crippen LogP contribution in [0.2, 0.25) is 0 Å². The Hall–Kier alpha value is -2.43. The van der Waals surface area contributed by atoms with Crippen LogP contribution in [0.15, 0.2) is 73.3 Å². The van der Waals surface area contributed by atoms with Crippen LogP contribution in [0.3, 0.4) is 0 Å². The summed E-state index contributed by atoms with van der Waals surface area (Å²) in [4.78, 5) is 6.30. The number of nitrogens with one attached hydrogen (secondary N) is 1. The van der Waals surface area contributed by atoms with Gasteiger partial charge in [0.25, 0.3) is 0 Å². The fraction of sp³-hybridized carbons (Fsp3) is 0.250. The molecule has 0 aliphatic carbocycles. The van der Waals surface area contributed by atoms with E-state index in [9.17, 15) is 0 Å². The molecule has 3 rings (SSSR count). The number of imidazole rings is 1. The molecule has 2 aromatic carbocycles. The van der Waals surface area contributed by atoms with Crippen molar-refractivity contribution in [2.75, 3.05) is 20.6 Å². The molecule has 0 saturated heterocycles. The van der Waals surface area contributed by atoms with Gasteiger partial charge < -0.3 is 14.8 Å². The summed E-state index contributed by atoms with van der Waals surface area (Å²) in [6.07, 6.45) is 5.56. The average molecular weight is 320 g/mol. The molecule has 1 atom stereocenters. The van der Waals surface area contributed by atoms with Gasteiger partial charge in [0.05, 0.1) is 6.33 Å². The summed E-state index contributed by atoms with van der Waals surface area (Å²) in [5, 5.41) is 3.68. The van der Waals surface area contributed by atoms with Crippen LogP contribution in [-0.2, 0) is 6.54 Å². The smallest absolute Gasteiger partial charge is 0.0991 e. The summed E-state index contributed by atoms with van der Waals surface area (Å²) in [5.74, 6) is 0. The molecule has 0 aliphatic rings. The van der Waals surface area contributed by atoms with Gasteiger partial charge >= 0.3 is 0 Å². The van der Waals surface area contributed by atoms with Crippen LogP contribution in [0.1, 0.15) is 17.2 Å². The summed E-state index contributed by atoms with van der Waals surface area (Å²) >= 11 is 0. The maximum absolute atomic E-state index is 4.09. The lowest BCUT2D eigenvalue weighted by Gasteiger charge is -2.23. The van der Waals surface area contributed by atoms with E-state index in [1.54, 1.807) is 6.20 Å². The highest BCUT2D eigenvalue weighted by molar-refractivity contribution is 5.34. The Bertz CT molecular complexity index is 718. The minimum Gasteiger partial charge on any atom is -0.308 e. The highest BCUT2D eigenvalue weighted by Crippen LogP contribution is 2.15. The van der Waals surface area contributed by atoms with Gasteiger partial charge in [-0.25, -0.2) is 4.98 Å². The van der Waals surface area contributed by atoms with Crippen LogP contribution in [0.4, 0.5) is 0 Å². The Labute approximate surface area is 143 Å². The van der Waals surface area contributed by atoms with Crippen molar-refractivity contribution in [2.24, 2.45) is 0 Å². The second kappa shape index (κ2) is 7.90. The normalized spacial score (nSPS) is 12.5. The second-order valence-corrected chi connectivity index (χ2v) is 6.24. The molecule has 3 aromatic rings. The first-order valence-corrected chi connectivity index (χ1v) is 8.23. The second-order valence-electron chi connectivity index (χ2n) is 6.24. The lowest BCUT2D eigenvalue weighted by atomic mass is 10.1. The van der Waals surface area contributed by atoms with Crippen LogP contribution in [-0.4, -0.2) is 35.1 Å². The maximum atomic E-state index is 4.09. The lowest BCUT2D eigenvalue weighted by Crippen LogP contribution is -2.30. The summed E-state index contributed by atoms with van der Waals surface area (Å²) in [5.41, 5.74) is 3.73.